The van der Waals surface area contributed by atoms with Gasteiger partial charge in [-0.3, -0.25) is 5.10 Å². The second-order valence-electron chi connectivity index (χ2n) is 3.98. The van der Waals surface area contributed by atoms with Gasteiger partial charge in [0.1, 0.15) is 5.82 Å². The molecule has 0 fully saturated rings. The van der Waals surface area contributed by atoms with Gasteiger partial charge in [-0.1, -0.05) is 12.1 Å². The normalized spacial score (nSPS) is 10.8. The maximum atomic E-state index is 13.3. The number of halogens is 2. The molecule has 19 heavy (non-hydrogen) atoms. The molecule has 0 amide bonds. The van der Waals surface area contributed by atoms with E-state index in [1.807, 2.05) is 0 Å². The molecule has 0 radical (unpaired) electrons. The minimum Gasteiger partial charge on any atom is -0.457 e. The predicted molar refractivity (Wildman–Crippen MR) is 73.8 cm³/mol. The van der Waals surface area contributed by atoms with Gasteiger partial charge in [0.25, 0.3) is 0 Å². The number of nitrogen functional groups attached to an aromatic ring is 1. The number of benzene rings is 1. The number of rotatable bonds is 2. The van der Waals surface area contributed by atoms with E-state index in [1.165, 1.54) is 12.1 Å². The van der Waals surface area contributed by atoms with E-state index in [1.54, 1.807) is 24.5 Å². The summed E-state index contributed by atoms with van der Waals surface area (Å²) in [5.74, 6) is -0.0102. The smallest absolute Gasteiger partial charge is 0.178 e. The molecule has 4 nitrogen and oxygen atoms in total. The standard InChI is InChI=1S/C13H9BrFN3O/c14-12-9(4-5-19-12)11-10(13(16)18-17-11)7-2-1-3-8(15)6-7/h1-6H,(H3,16,17,18). The average Bonchev–Trinajstić information content (AvgIpc) is 2.95. The van der Waals surface area contributed by atoms with Crippen molar-refractivity contribution >= 4 is 21.7 Å². The molecule has 0 saturated heterocycles. The van der Waals surface area contributed by atoms with Gasteiger partial charge in [-0.05, 0) is 39.7 Å². The number of nitrogens with zero attached hydrogens (tertiary/aromatic N) is 1. The van der Waals surface area contributed by atoms with Crippen LogP contribution in [0.25, 0.3) is 22.4 Å². The largest absolute Gasteiger partial charge is 0.457 e. The van der Waals surface area contributed by atoms with E-state index in [0.29, 0.717) is 27.3 Å². The summed E-state index contributed by atoms with van der Waals surface area (Å²) in [6.45, 7) is 0. The topological polar surface area (TPSA) is 67.8 Å². The van der Waals surface area contributed by atoms with E-state index in [4.69, 9.17) is 10.2 Å². The Balaban J connectivity index is 2.22. The summed E-state index contributed by atoms with van der Waals surface area (Å²) in [6, 6.07) is 7.98. The summed E-state index contributed by atoms with van der Waals surface area (Å²) in [4.78, 5) is 0. The highest BCUT2D eigenvalue weighted by Crippen LogP contribution is 2.38. The highest BCUT2D eigenvalue weighted by molar-refractivity contribution is 9.10. The number of furan rings is 1. The van der Waals surface area contributed by atoms with E-state index in [-0.39, 0.29) is 5.82 Å². The minimum atomic E-state index is -0.324. The van der Waals surface area contributed by atoms with E-state index in [2.05, 4.69) is 26.1 Å². The SMILES string of the molecule is Nc1n[nH]c(-c2ccoc2Br)c1-c1cccc(F)c1. The van der Waals surface area contributed by atoms with Gasteiger partial charge < -0.3 is 10.2 Å². The molecule has 6 heteroatoms. The van der Waals surface area contributed by atoms with Crippen molar-refractivity contribution in [2.45, 2.75) is 0 Å². The monoisotopic (exact) mass is 321 g/mol. The first-order valence-electron chi connectivity index (χ1n) is 5.50. The quantitative estimate of drug-likeness (QED) is 0.754. The Labute approximate surface area is 116 Å². The van der Waals surface area contributed by atoms with Crippen molar-refractivity contribution < 1.29 is 8.81 Å². The van der Waals surface area contributed by atoms with Crippen molar-refractivity contribution in [2.24, 2.45) is 0 Å². The first-order chi connectivity index (χ1) is 9.16. The molecule has 0 spiro atoms. The molecule has 2 heterocycles. The lowest BCUT2D eigenvalue weighted by Gasteiger charge is -2.03. The Morgan fingerprint density at radius 1 is 1.32 bits per heavy atom. The molecule has 0 aliphatic rings. The Kier molecular flexibility index (Phi) is 2.87. The van der Waals surface area contributed by atoms with Crippen LogP contribution >= 0.6 is 15.9 Å². The third-order valence-electron chi connectivity index (χ3n) is 2.79. The Hall–Kier alpha value is -2.08. The van der Waals surface area contributed by atoms with E-state index >= 15 is 0 Å². The van der Waals surface area contributed by atoms with Crippen LogP contribution in [0.2, 0.25) is 0 Å². The van der Waals surface area contributed by atoms with Crippen molar-refractivity contribution in [1.29, 1.82) is 0 Å². The Bertz CT molecular complexity index is 735. The van der Waals surface area contributed by atoms with Crippen LogP contribution in [0, 0.1) is 5.82 Å². The molecule has 1 aromatic carbocycles. The fourth-order valence-electron chi connectivity index (χ4n) is 1.96. The maximum Gasteiger partial charge on any atom is 0.178 e. The molecule has 3 rings (SSSR count). The third kappa shape index (κ3) is 2.04. The molecule has 3 N–H and O–H groups in total. The van der Waals surface area contributed by atoms with Crippen LogP contribution in [0.5, 0.6) is 0 Å². The van der Waals surface area contributed by atoms with Gasteiger partial charge in [0, 0.05) is 0 Å². The molecule has 2 aromatic heterocycles. The number of hydrogen-bond acceptors (Lipinski definition) is 3. The van der Waals surface area contributed by atoms with Crippen molar-refractivity contribution in [3.05, 3.63) is 47.1 Å². The van der Waals surface area contributed by atoms with Gasteiger partial charge in [0.05, 0.1) is 23.1 Å². The number of hydrogen-bond donors (Lipinski definition) is 2. The Morgan fingerprint density at radius 2 is 2.16 bits per heavy atom. The van der Waals surface area contributed by atoms with Crippen LogP contribution in [-0.2, 0) is 0 Å². The second-order valence-corrected chi connectivity index (χ2v) is 4.70. The first-order valence-corrected chi connectivity index (χ1v) is 6.29. The van der Waals surface area contributed by atoms with Crippen LogP contribution in [-0.4, -0.2) is 10.2 Å². The summed E-state index contributed by atoms with van der Waals surface area (Å²) in [5, 5.41) is 6.84. The minimum absolute atomic E-state index is 0.314. The van der Waals surface area contributed by atoms with Crippen LogP contribution in [0.3, 0.4) is 0 Å². The molecule has 0 atom stereocenters. The van der Waals surface area contributed by atoms with E-state index in [0.717, 1.165) is 5.56 Å². The van der Waals surface area contributed by atoms with Gasteiger partial charge >= 0.3 is 0 Å². The lowest BCUT2D eigenvalue weighted by molar-refractivity contribution is 0.542. The number of anilines is 1. The fourth-order valence-corrected chi connectivity index (χ4v) is 2.40. The third-order valence-corrected chi connectivity index (χ3v) is 3.41. The zero-order valence-corrected chi connectivity index (χ0v) is 11.2. The van der Waals surface area contributed by atoms with E-state index in [9.17, 15) is 4.39 Å². The van der Waals surface area contributed by atoms with Gasteiger partial charge in [0.15, 0.2) is 10.5 Å². The average molecular weight is 322 g/mol. The fraction of sp³-hybridized carbons (Fsp3) is 0. The van der Waals surface area contributed by atoms with Crippen molar-refractivity contribution in [3.63, 3.8) is 0 Å². The van der Waals surface area contributed by atoms with Gasteiger partial charge in [0.2, 0.25) is 0 Å². The lowest BCUT2D eigenvalue weighted by Crippen LogP contribution is -1.89. The van der Waals surface area contributed by atoms with Crippen molar-refractivity contribution in [2.75, 3.05) is 5.73 Å². The number of nitrogens with one attached hydrogen (secondary N) is 1. The van der Waals surface area contributed by atoms with Crippen LogP contribution in [0.1, 0.15) is 0 Å². The highest BCUT2D eigenvalue weighted by Gasteiger charge is 2.18. The number of aromatic amines is 1. The Morgan fingerprint density at radius 3 is 2.84 bits per heavy atom. The number of H-pyrrole nitrogens is 1. The summed E-state index contributed by atoms with van der Waals surface area (Å²) < 4.78 is 19.1. The van der Waals surface area contributed by atoms with E-state index < -0.39 is 0 Å². The molecular weight excluding hydrogens is 313 g/mol. The maximum absolute atomic E-state index is 13.3. The second kappa shape index (κ2) is 4.55. The van der Waals surface area contributed by atoms with Crippen molar-refractivity contribution in [3.8, 4) is 22.4 Å². The molecule has 3 aromatic rings. The summed E-state index contributed by atoms with van der Waals surface area (Å²) in [7, 11) is 0. The summed E-state index contributed by atoms with van der Waals surface area (Å²) in [5.41, 5.74) is 8.65. The molecule has 0 unspecified atom stereocenters. The molecule has 0 aliphatic carbocycles. The van der Waals surface area contributed by atoms with Crippen LogP contribution < -0.4 is 5.73 Å². The number of nitrogens with two attached hydrogens (primary N) is 1. The zero-order chi connectivity index (χ0) is 13.4. The summed E-state index contributed by atoms with van der Waals surface area (Å²) >= 11 is 3.30. The number of aromatic nitrogens is 2. The first kappa shape index (κ1) is 12.0. The lowest BCUT2D eigenvalue weighted by atomic mass is 10.0. The molecule has 0 aliphatic heterocycles. The van der Waals surface area contributed by atoms with Gasteiger partial charge in [-0.25, -0.2) is 4.39 Å². The molecular formula is C13H9BrFN3O. The van der Waals surface area contributed by atoms with Gasteiger partial charge in [-0.2, -0.15) is 5.10 Å². The van der Waals surface area contributed by atoms with Crippen molar-refractivity contribution in [1.82, 2.24) is 10.2 Å². The predicted octanol–water partition coefficient (Wildman–Crippen LogP) is 3.82. The molecule has 96 valence electrons. The zero-order valence-electron chi connectivity index (χ0n) is 9.65. The van der Waals surface area contributed by atoms with Crippen LogP contribution in [0.15, 0.2) is 45.7 Å². The van der Waals surface area contributed by atoms with Crippen LogP contribution in [0.4, 0.5) is 10.2 Å². The molecule has 0 saturated carbocycles. The van der Waals surface area contributed by atoms with Gasteiger partial charge in [-0.15, -0.1) is 0 Å². The highest BCUT2D eigenvalue weighted by atomic mass is 79.9. The molecule has 0 bridgehead atoms. The summed E-state index contributed by atoms with van der Waals surface area (Å²) in [6.07, 6.45) is 1.55.